The van der Waals surface area contributed by atoms with Crippen LogP contribution in [-0.4, -0.2) is 29.3 Å². The fourth-order valence-corrected chi connectivity index (χ4v) is 1.94. The van der Waals surface area contributed by atoms with E-state index in [9.17, 15) is 14.4 Å². The van der Waals surface area contributed by atoms with Crippen LogP contribution >= 0.6 is 0 Å². The molecule has 6 heteroatoms. The summed E-state index contributed by atoms with van der Waals surface area (Å²) >= 11 is 0. The van der Waals surface area contributed by atoms with Crippen LogP contribution in [0.15, 0.2) is 42.6 Å². The number of Topliss-reactive ketones (excluding diaryl/α,β-unsaturated/α-hetero) is 1. The number of hydrogen-bond acceptors (Lipinski definition) is 5. The van der Waals surface area contributed by atoms with Gasteiger partial charge in [-0.25, -0.2) is 4.79 Å². The molecule has 0 unspecified atom stereocenters. The summed E-state index contributed by atoms with van der Waals surface area (Å²) in [5.74, 6) is -1.04. The van der Waals surface area contributed by atoms with E-state index in [4.69, 9.17) is 4.74 Å². The lowest BCUT2D eigenvalue weighted by Gasteiger charge is -2.17. The average molecular weight is 354 g/mol. The number of amides is 1. The zero-order valence-electron chi connectivity index (χ0n) is 15.3. The molecule has 2 aromatic rings. The van der Waals surface area contributed by atoms with E-state index in [0.717, 1.165) is 5.69 Å². The standard InChI is InChI=1S/C20H22N2O4/c1-13-5-6-15(11-21-13)18(24)26-12-17(23)14-7-9-16(10-8-14)22-19(25)20(2,3)4/h5-11H,12H2,1-4H3,(H,22,25). The summed E-state index contributed by atoms with van der Waals surface area (Å²) in [4.78, 5) is 40.0. The lowest BCUT2D eigenvalue weighted by Crippen LogP contribution is -2.27. The van der Waals surface area contributed by atoms with E-state index < -0.39 is 11.4 Å². The number of nitrogens with one attached hydrogen (secondary N) is 1. The number of ketones is 1. The maximum Gasteiger partial charge on any atom is 0.340 e. The van der Waals surface area contributed by atoms with Crippen LogP contribution in [0.4, 0.5) is 5.69 Å². The minimum Gasteiger partial charge on any atom is -0.454 e. The van der Waals surface area contributed by atoms with E-state index >= 15 is 0 Å². The third kappa shape index (κ3) is 5.24. The maximum absolute atomic E-state index is 12.1. The minimum absolute atomic E-state index is 0.114. The molecule has 6 nitrogen and oxygen atoms in total. The molecule has 1 N–H and O–H groups in total. The Bertz CT molecular complexity index is 803. The molecule has 1 aromatic carbocycles. The third-order valence-electron chi connectivity index (χ3n) is 3.63. The first-order valence-electron chi connectivity index (χ1n) is 8.21. The highest BCUT2D eigenvalue weighted by Gasteiger charge is 2.21. The Balaban J connectivity index is 1.92. The number of benzene rings is 1. The van der Waals surface area contributed by atoms with Crippen molar-refractivity contribution in [2.45, 2.75) is 27.7 Å². The smallest absolute Gasteiger partial charge is 0.340 e. The molecule has 0 saturated heterocycles. The molecule has 26 heavy (non-hydrogen) atoms. The van der Waals surface area contributed by atoms with Gasteiger partial charge < -0.3 is 10.1 Å². The fourth-order valence-electron chi connectivity index (χ4n) is 1.94. The van der Waals surface area contributed by atoms with Crippen molar-refractivity contribution in [1.82, 2.24) is 4.98 Å². The lowest BCUT2D eigenvalue weighted by molar-refractivity contribution is -0.123. The van der Waals surface area contributed by atoms with Crippen molar-refractivity contribution in [3.63, 3.8) is 0 Å². The highest BCUT2D eigenvalue weighted by atomic mass is 16.5. The van der Waals surface area contributed by atoms with Crippen molar-refractivity contribution in [3.8, 4) is 0 Å². The summed E-state index contributed by atoms with van der Waals surface area (Å²) in [6.45, 7) is 6.90. The van der Waals surface area contributed by atoms with Crippen molar-refractivity contribution < 1.29 is 19.1 Å². The SMILES string of the molecule is Cc1ccc(C(=O)OCC(=O)c2ccc(NC(=O)C(C)(C)C)cc2)cn1. The highest BCUT2D eigenvalue weighted by Crippen LogP contribution is 2.18. The van der Waals surface area contributed by atoms with Gasteiger partial charge in [0.05, 0.1) is 5.56 Å². The molecular formula is C20H22N2O4. The van der Waals surface area contributed by atoms with Crippen LogP contribution in [0.5, 0.6) is 0 Å². The Labute approximate surface area is 152 Å². The van der Waals surface area contributed by atoms with Crippen LogP contribution in [0.2, 0.25) is 0 Å². The zero-order chi connectivity index (χ0) is 19.3. The van der Waals surface area contributed by atoms with Gasteiger partial charge in [-0.1, -0.05) is 20.8 Å². The number of carbonyl (C=O) groups excluding carboxylic acids is 3. The predicted molar refractivity (Wildman–Crippen MR) is 98.1 cm³/mol. The molecule has 0 atom stereocenters. The average Bonchev–Trinajstić information content (AvgIpc) is 2.59. The summed E-state index contributed by atoms with van der Waals surface area (Å²) in [5, 5.41) is 2.78. The van der Waals surface area contributed by atoms with Gasteiger partial charge in [-0.05, 0) is 43.3 Å². The van der Waals surface area contributed by atoms with E-state index in [1.54, 1.807) is 36.4 Å². The molecular weight excluding hydrogens is 332 g/mol. The third-order valence-corrected chi connectivity index (χ3v) is 3.63. The molecule has 0 aliphatic heterocycles. The first kappa shape index (κ1) is 19.3. The molecule has 1 amide bonds. The van der Waals surface area contributed by atoms with Gasteiger partial charge in [-0.15, -0.1) is 0 Å². The van der Waals surface area contributed by atoms with E-state index in [1.165, 1.54) is 6.20 Å². The Morgan fingerprint density at radius 2 is 1.62 bits per heavy atom. The van der Waals surface area contributed by atoms with Crippen molar-refractivity contribution >= 4 is 23.3 Å². The molecule has 1 aromatic heterocycles. The number of carbonyl (C=O) groups is 3. The number of ether oxygens (including phenoxy) is 1. The second-order valence-corrected chi connectivity index (χ2v) is 6.97. The largest absolute Gasteiger partial charge is 0.454 e. The monoisotopic (exact) mass is 354 g/mol. The van der Waals surface area contributed by atoms with Crippen molar-refractivity contribution in [3.05, 3.63) is 59.4 Å². The first-order valence-corrected chi connectivity index (χ1v) is 8.21. The Morgan fingerprint density at radius 3 is 2.15 bits per heavy atom. The highest BCUT2D eigenvalue weighted by molar-refractivity contribution is 6.00. The summed E-state index contributed by atoms with van der Waals surface area (Å²) in [7, 11) is 0. The number of pyridine rings is 1. The lowest BCUT2D eigenvalue weighted by atomic mass is 9.95. The Kier molecular flexibility index (Phi) is 5.87. The molecule has 0 saturated carbocycles. The van der Waals surface area contributed by atoms with Crippen molar-refractivity contribution in [2.75, 3.05) is 11.9 Å². The molecule has 0 spiro atoms. The number of rotatable bonds is 5. The number of anilines is 1. The van der Waals surface area contributed by atoms with Gasteiger partial charge in [-0.3, -0.25) is 14.6 Å². The maximum atomic E-state index is 12.1. The predicted octanol–water partition coefficient (Wildman–Crippen LogP) is 3.41. The minimum atomic E-state index is -0.597. The number of esters is 1. The molecule has 136 valence electrons. The van der Waals surface area contributed by atoms with Gasteiger partial charge in [-0.2, -0.15) is 0 Å². The van der Waals surface area contributed by atoms with E-state index in [-0.39, 0.29) is 18.3 Å². The van der Waals surface area contributed by atoms with E-state index in [1.807, 2.05) is 27.7 Å². The summed E-state index contributed by atoms with van der Waals surface area (Å²) in [5.41, 5.74) is 1.57. The van der Waals surface area contributed by atoms with Crippen molar-refractivity contribution in [1.29, 1.82) is 0 Å². The number of nitrogens with zero attached hydrogens (tertiary/aromatic N) is 1. The molecule has 0 aliphatic carbocycles. The Hall–Kier alpha value is -3.02. The molecule has 1 heterocycles. The van der Waals surface area contributed by atoms with E-state index in [0.29, 0.717) is 16.8 Å². The topological polar surface area (TPSA) is 85.4 Å². The molecule has 2 rings (SSSR count). The molecule has 0 aliphatic rings. The van der Waals surface area contributed by atoms with Gasteiger partial charge in [0.25, 0.3) is 0 Å². The number of aromatic nitrogens is 1. The Morgan fingerprint density at radius 1 is 1.00 bits per heavy atom. The van der Waals surface area contributed by atoms with Crippen LogP contribution in [0.1, 0.15) is 47.2 Å². The second kappa shape index (κ2) is 7.91. The van der Waals surface area contributed by atoms with Crippen LogP contribution in [0, 0.1) is 12.3 Å². The van der Waals surface area contributed by atoms with Crippen LogP contribution in [0.25, 0.3) is 0 Å². The van der Waals surface area contributed by atoms with Crippen molar-refractivity contribution in [2.24, 2.45) is 5.41 Å². The normalized spacial score (nSPS) is 10.9. The summed E-state index contributed by atoms with van der Waals surface area (Å²) in [6, 6.07) is 9.75. The van der Waals surface area contributed by atoms with Gasteiger partial charge >= 0.3 is 5.97 Å². The fraction of sp³-hybridized carbons (Fsp3) is 0.300. The van der Waals surface area contributed by atoms with Crippen LogP contribution in [0.3, 0.4) is 0 Å². The van der Waals surface area contributed by atoms with Gasteiger partial charge in [0.15, 0.2) is 12.4 Å². The first-order chi connectivity index (χ1) is 12.2. The quantitative estimate of drug-likeness (QED) is 0.657. The molecule has 0 bridgehead atoms. The van der Waals surface area contributed by atoms with Crippen LogP contribution in [-0.2, 0) is 9.53 Å². The van der Waals surface area contributed by atoms with Gasteiger partial charge in [0, 0.05) is 28.6 Å². The summed E-state index contributed by atoms with van der Waals surface area (Å²) in [6.07, 6.45) is 1.41. The number of hydrogen-bond donors (Lipinski definition) is 1. The van der Waals surface area contributed by atoms with Crippen LogP contribution < -0.4 is 5.32 Å². The zero-order valence-corrected chi connectivity index (χ0v) is 15.3. The second-order valence-electron chi connectivity index (χ2n) is 6.97. The van der Waals surface area contributed by atoms with E-state index in [2.05, 4.69) is 10.3 Å². The molecule has 0 fully saturated rings. The number of aryl methyl sites for hydroxylation is 1. The molecule has 0 radical (unpaired) electrons. The summed E-state index contributed by atoms with van der Waals surface area (Å²) < 4.78 is 5.03. The van der Waals surface area contributed by atoms with Gasteiger partial charge in [0.1, 0.15) is 0 Å². The van der Waals surface area contributed by atoms with Gasteiger partial charge in [0.2, 0.25) is 5.91 Å².